The van der Waals surface area contributed by atoms with Crippen LogP contribution in [-0.4, -0.2) is 4.98 Å². The summed E-state index contributed by atoms with van der Waals surface area (Å²) in [6, 6.07) is 42.6. The van der Waals surface area contributed by atoms with Crippen LogP contribution in [0, 0.1) is 6.57 Å². The predicted molar refractivity (Wildman–Crippen MR) is 165 cm³/mol. The van der Waals surface area contributed by atoms with Crippen molar-refractivity contribution in [3.63, 3.8) is 0 Å². The molecule has 0 fully saturated rings. The van der Waals surface area contributed by atoms with Crippen molar-refractivity contribution in [2.45, 2.75) is 0 Å². The molecular weight excluding hydrogens is 492 g/mol. The molecule has 0 N–H and O–H groups in total. The maximum Gasteiger partial charge on any atom is 0.187 e. The smallest absolute Gasteiger partial charge is 0.187 e. The summed E-state index contributed by atoms with van der Waals surface area (Å²) in [4.78, 5) is 7.76. The van der Waals surface area contributed by atoms with Crippen LogP contribution in [-0.2, 0) is 0 Å². The quantitative estimate of drug-likeness (QED) is 0.214. The van der Waals surface area contributed by atoms with Crippen molar-refractivity contribution >= 4 is 37.2 Å². The summed E-state index contributed by atoms with van der Waals surface area (Å²) in [5, 5.41) is 2.59. The molecule has 0 saturated heterocycles. The average Bonchev–Trinajstić information content (AvgIpc) is 3.41. The van der Waals surface area contributed by atoms with Gasteiger partial charge in [0.05, 0.1) is 6.57 Å². The van der Waals surface area contributed by atoms with Crippen LogP contribution in [0.15, 0.2) is 134 Å². The first-order valence-corrected chi connectivity index (χ1v) is 13.6. The Hall–Kier alpha value is -5.04. The van der Waals surface area contributed by atoms with Crippen LogP contribution < -0.4 is 0 Å². The fraction of sp³-hybridized carbons (Fsp3) is 0. The van der Waals surface area contributed by atoms with E-state index in [-0.39, 0.29) is 0 Å². The second-order valence-corrected chi connectivity index (χ2v) is 10.5. The van der Waals surface area contributed by atoms with E-state index in [4.69, 9.17) is 6.57 Å². The molecular formula is C36H22N2S. The number of nitrogens with zero attached hydrogens (tertiary/aromatic N) is 2. The van der Waals surface area contributed by atoms with Crippen molar-refractivity contribution in [2.75, 3.05) is 0 Å². The molecule has 182 valence electrons. The molecule has 39 heavy (non-hydrogen) atoms. The van der Waals surface area contributed by atoms with Gasteiger partial charge >= 0.3 is 0 Å². The fourth-order valence-electron chi connectivity index (χ4n) is 5.22. The van der Waals surface area contributed by atoms with Gasteiger partial charge in [-0.25, -0.2) is 4.85 Å². The van der Waals surface area contributed by atoms with Gasteiger partial charge in [0.1, 0.15) is 0 Å². The van der Waals surface area contributed by atoms with Crippen molar-refractivity contribution in [1.29, 1.82) is 0 Å². The first-order chi connectivity index (χ1) is 19.3. The van der Waals surface area contributed by atoms with Crippen molar-refractivity contribution in [1.82, 2.24) is 4.98 Å². The van der Waals surface area contributed by atoms with E-state index in [1.54, 1.807) is 6.20 Å². The highest BCUT2D eigenvalue weighted by atomic mass is 32.1. The highest BCUT2D eigenvalue weighted by Gasteiger charge is 2.14. The number of fused-ring (bicyclic) bond motifs is 3. The van der Waals surface area contributed by atoms with E-state index in [1.807, 2.05) is 47.9 Å². The Labute approximate surface area is 231 Å². The summed E-state index contributed by atoms with van der Waals surface area (Å²) >= 11 is 1.87. The monoisotopic (exact) mass is 514 g/mol. The van der Waals surface area contributed by atoms with E-state index >= 15 is 0 Å². The van der Waals surface area contributed by atoms with E-state index in [0.717, 1.165) is 16.7 Å². The van der Waals surface area contributed by atoms with E-state index in [0.29, 0.717) is 5.69 Å². The molecule has 2 aromatic heterocycles. The molecule has 0 aliphatic heterocycles. The van der Waals surface area contributed by atoms with Gasteiger partial charge in [0.15, 0.2) is 5.69 Å². The van der Waals surface area contributed by atoms with E-state index in [9.17, 15) is 0 Å². The molecule has 0 spiro atoms. The van der Waals surface area contributed by atoms with Crippen LogP contribution in [0.1, 0.15) is 0 Å². The summed E-state index contributed by atoms with van der Waals surface area (Å²) < 4.78 is 2.62. The largest absolute Gasteiger partial charge is 0.264 e. The number of rotatable bonds is 4. The molecule has 0 unspecified atom stereocenters. The minimum absolute atomic E-state index is 0.663. The average molecular weight is 515 g/mol. The molecule has 0 aliphatic rings. The van der Waals surface area contributed by atoms with Gasteiger partial charge in [0.2, 0.25) is 0 Å². The minimum Gasteiger partial charge on any atom is -0.264 e. The van der Waals surface area contributed by atoms with Crippen molar-refractivity contribution < 1.29 is 0 Å². The lowest BCUT2D eigenvalue weighted by atomic mass is 9.97. The molecule has 0 bridgehead atoms. The number of benzene rings is 5. The van der Waals surface area contributed by atoms with Crippen LogP contribution >= 0.6 is 11.3 Å². The van der Waals surface area contributed by atoms with Crippen LogP contribution in [0.2, 0.25) is 0 Å². The molecule has 0 aliphatic carbocycles. The molecule has 5 aromatic carbocycles. The first kappa shape index (κ1) is 23.1. The molecule has 7 aromatic rings. The van der Waals surface area contributed by atoms with Gasteiger partial charge in [-0.1, -0.05) is 115 Å². The van der Waals surface area contributed by atoms with E-state index in [1.165, 1.54) is 48.0 Å². The number of aromatic nitrogens is 1. The van der Waals surface area contributed by atoms with Crippen molar-refractivity contribution in [2.24, 2.45) is 0 Å². The van der Waals surface area contributed by atoms with Crippen LogP contribution in [0.4, 0.5) is 5.69 Å². The molecule has 7 rings (SSSR count). The maximum absolute atomic E-state index is 7.18. The van der Waals surface area contributed by atoms with Gasteiger partial charge in [0, 0.05) is 32.6 Å². The molecule has 2 nitrogen and oxygen atoms in total. The van der Waals surface area contributed by atoms with E-state index in [2.05, 4.69) is 101 Å². The first-order valence-electron chi connectivity index (χ1n) is 12.8. The summed E-state index contributed by atoms with van der Waals surface area (Å²) in [6.07, 6.45) is 3.71. The number of pyridine rings is 1. The normalized spacial score (nSPS) is 11.1. The third-order valence-electron chi connectivity index (χ3n) is 7.24. The standard InChI is InChI=1S/C36H22N2S/c1-37-30-20-18-25(19-21-30)24-10-14-27(15-11-24)31-6-2-8-33-34-9-3-7-32(36(34)39-35(31)33)28-16-12-26(13-17-28)29-5-4-22-38-23-29/h2-23H. The number of hydrogen-bond acceptors (Lipinski definition) is 2. The van der Waals surface area contributed by atoms with Gasteiger partial charge in [-0.2, -0.15) is 0 Å². The highest BCUT2D eigenvalue weighted by molar-refractivity contribution is 7.26. The van der Waals surface area contributed by atoms with Gasteiger partial charge in [-0.15, -0.1) is 11.3 Å². The maximum atomic E-state index is 7.18. The molecule has 0 atom stereocenters. The molecule has 0 saturated carbocycles. The van der Waals surface area contributed by atoms with Gasteiger partial charge < -0.3 is 0 Å². The number of thiophene rings is 1. The Morgan fingerprint density at radius 1 is 0.487 bits per heavy atom. The second kappa shape index (κ2) is 9.68. The summed E-state index contributed by atoms with van der Waals surface area (Å²) in [5.41, 5.74) is 10.2. The third kappa shape index (κ3) is 4.18. The SMILES string of the molecule is [C-]#[N+]c1ccc(-c2ccc(-c3cccc4c3sc3c(-c5ccc(-c6cccnc6)cc5)cccc34)cc2)cc1. The zero-order chi connectivity index (χ0) is 26.2. The summed E-state index contributed by atoms with van der Waals surface area (Å²) in [7, 11) is 0. The zero-order valence-corrected chi connectivity index (χ0v) is 21.8. The lowest BCUT2D eigenvalue weighted by Gasteiger charge is -2.06. The summed E-state index contributed by atoms with van der Waals surface area (Å²) in [5.74, 6) is 0. The Bertz CT molecular complexity index is 1980. The lowest BCUT2D eigenvalue weighted by Crippen LogP contribution is -1.81. The Kier molecular flexibility index (Phi) is 5.74. The molecule has 3 heteroatoms. The third-order valence-corrected chi connectivity index (χ3v) is 8.53. The predicted octanol–water partition coefficient (Wildman–Crippen LogP) is 10.7. The minimum atomic E-state index is 0.663. The topological polar surface area (TPSA) is 17.2 Å². The Morgan fingerprint density at radius 2 is 0.974 bits per heavy atom. The van der Waals surface area contributed by atoms with Gasteiger partial charge in [-0.3, -0.25) is 4.98 Å². The lowest BCUT2D eigenvalue weighted by molar-refractivity contribution is 1.33. The van der Waals surface area contributed by atoms with Gasteiger partial charge in [-0.05, 0) is 50.6 Å². The Morgan fingerprint density at radius 3 is 1.46 bits per heavy atom. The Balaban J connectivity index is 1.29. The summed E-state index contributed by atoms with van der Waals surface area (Å²) in [6.45, 7) is 7.18. The van der Waals surface area contributed by atoms with Crippen LogP contribution in [0.25, 0.3) is 69.5 Å². The van der Waals surface area contributed by atoms with Crippen LogP contribution in [0.5, 0.6) is 0 Å². The molecule has 0 amide bonds. The second-order valence-electron chi connectivity index (χ2n) is 9.52. The van der Waals surface area contributed by atoms with Crippen molar-refractivity contribution in [3.8, 4) is 44.5 Å². The van der Waals surface area contributed by atoms with Crippen molar-refractivity contribution in [3.05, 3.63) is 145 Å². The van der Waals surface area contributed by atoms with Crippen LogP contribution in [0.3, 0.4) is 0 Å². The fourth-order valence-corrected chi connectivity index (χ4v) is 6.59. The van der Waals surface area contributed by atoms with E-state index < -0.39 is 0 Å². The molecule has 0 radical (unpaired) electrons. The number of hydrogen-bond donors (Lipinski definition) is 0. The molecule has 2 heterocycles. The van der Waals surface area contributed by atoms with Gasteiger partial charge in [0.25, 0.3) is 0 Å². The zero-order valence-electron chi connectivity index (χ0n) is 21.0. The highest BCUT2D eigenvalue weighted by Crippen LogP contribution is 2.44.